The van der Waals surface area contributed by atoms with Crippen LogP contribution in [-0.2, 0) is 17.8 Å². The maximum Gasteiger partial charge on any atom is 0.254 e. The van der Waals surface area contributed by atoms with E-state index in [1.54, 1.807) is 4.57 Å². The van der Waals surface area contributed by atoms with Gasteiger partial charge in [-0.05, 0) is 41.9 Å². The van der Waals surface area contributed by atoms with Crippen LogP contribution in [0.2, 0.25) is 0 Å². The standard InChI is InChI=1S/C20H22N2O2/c1-21-13-15-7-8-17-16(18(15)11-19(21)23)9-10-22(20(17)24)12-14-5-3-2-4-6-14/h2-6,9-10,15,18H,7-8,11-13H2,1H3/t15-,18+/m0/s1. The summed E-state index contributed by atoms with van der Waals surface area (Å²) in [6, 6.07) is 12.1. The van der Waals surface area contributed by atoms with Gasteiger partial charge in [0.05, 0.1) is 6.54 Å². The monoisotopic (exact) mass is 322 g/mol. The lowest BCUT2D eigenvalue weighted by Crippen LogP contribution is -2.44. The fourth-order valence-corrected chi connectivity index (χ4v) is 4.22. The largest absolute Gasteiger partial charge is 0.345 e. The minimum absolute atomic E-state index is 0.112. The normalized spacial score (nSPS) is 22.9. The number of aromatic nitrogens is 1. The van der Waals surface area contributed by atoms with E-state index in [1.807, 2.05) is 48.5 Å². The molecule has 2 aromatic rings. The molecule has 0 saturated carbocycles. The molecule has 1 aliphatic carbocycles. The van der Waals surface area contributed by atoms with Crippen molar-refractivity contribution >= 4 is 5.91 Å². The minimum Gasteiger partial charge on any atom is -0.345 e. The molecule has 1 saturated heterocycles. The van der Waals surface area contributed by atoms with E-state index in [0.29, 0.717) is 18.9 Å². The van der Waals surface area contributed by atoms with Crippen molar-refractivity contribution in [2.45, 2.75) is 31.7 Å². The minimum atomic E-state index is 0.112. The zero-order valence-corrected chi connectivity index (χ0v) is 13.9. The molecule has 0 radical (unpaired) electrons. The second-order valence-electron chi connectivity index (χ2n) is 7.05. The predicted octanol–water partition coefficient (Wildman–Crippen LogP) is 2.40. The van der Waals surface area contributed by atoms with Crippen molar-refractivity contribution in [3.8, 4) is 0 Å². The Hall–Kier alpha value is -2.36. The lowest BCUT2D eigenvalue weighted by atomic mass is 9.72. The highest BCUT2D eigenvalue weighted by Gasteiger charge is 2.37. The third-order valence-corrected chi connectivity index (χ3v) is 5.56. The molecule has 1 aliphatic heterocycles. The highest BCUT2D eigenvalue weighted by Crippen LogP contribution is 2.40. The van der Waals surface area contributed by atoms with Gasteiger partial charge in [-0.3, -0.25) is 9.59 Å². The average molecular weight is 322 g/mol. The first kappa shape index (κ1) is 15.2. The molecule has 4 heteroatoms. The van der Waals surface area contributed by atoms with Crippen LogP contribution >= 0.6 is 0 Å². The zero-order valence-electron chi connectivity index (χ0n) is 13.9. The Morgan fingerprint density at radius 3 is 2.71 bits per heavy atom. The van der Waals surface area contributed by atoms with Crippen LogP contribution in [0.25, 0.3) is 0 Å². The number of piperidine rings is 1. The van der Waals surface area contributed by atoms with Crippen molar-refractivity contribution in [3.63, 3.8) is 0 Å². The first-order valence-electron chi connectivity index (χ1n) is 8.63. The molecule has 1 aromatic heterocycles. The topological polar surface area (TPSA) is 42.3 Å². The van der Waals surface area contributed by atoms with Gasteiger partial charge >= 0.3 is 0 Å². The molecule has 4 nitrogen and oxygen atoms in total. The van der Waals surface area contributed by atoms with E-state index < -0.39 is 0 Å². The number of amides is 1. The van der Waals surface area contributed by atoms with E-state index in [9.17, 15) is 9.59 Å². The van der Waals surface area contributed by atoms with Crippen molar-refractivity contribution in [3.05, 3.63) is 69.6 Å². The number of rotatable bonds is 2. The van der Waals surface area contributed by atoms with Crippen LogP contribution in [0.3, 0.4) is 0 Å². The summed E-state index contributed by atoms with van der Waals surface area (Å²) in [4.78, 5) is 26.8. The number of benzene rings is 1. The Balaban J connectivity index is 1.68. The molecule has 0 bridgehead atoms. The molecule has 2 atom stereocenters. The third-order valence-electron chi connectivity index (χ3n) is 5.56. The van der Waals surface area contributed by atoms with E-state index in [4.69, 9.17) is 0 Å². The molecule has 1 aromatic carbocycles. The molecule has 2 heterocycles. The van der Waals surface area contributed by atoms with E-state index in [0.717, 1.165) is 36.1 Å². The number of carbonyl (C=O) groups excluding carboxylic acids is 1. The van der Waals surface area contributed by atoms with Crippen LogP contribution in [0.4, 0.5) is 0 Å². The quantitative estimate of drug-likeness (QED) is 0.852. The van der Waals surface area contributed by atoms with Crippen LogP contribution in [0.1, 0.15) is 35.4 Å². The van der Waals surface area contributed by atoms with E-state index in [2.05, 4.69) is 6.07 Å². The number of carbonyl (C=O) groups is 1. The Morgan fingerprint density at radius 1 is 1.12 bits per heavy atom. The van der Waals surface area contributed by atoms with Gasteiger partial charge in [0.25, 0.3) is 5.56 Å². The first-order valence-corrected chi connectivity index (χ1v) is 8.63. The summed E-state index contributed by atoms with van der Waals surface area (Å²) >= 11 is 0. The van der Waals surface area contributed by atoms with Gasteiger partial charge in [-0.1, -0.05) is 30.3 Å². The number of nitrogens with zero attached hydrogens (tertiary/aromatic N) is 2. The summed E-state index contributed by atoms with van der Waals surface area (Å²) in [5, 5.41) is 0. The van der Waals surface area contributed by atoms with Gasteiger partial charge in [0, 0.05) is 31.8 Å². The summed E-state index contributed by atoms with van der Waals surface area (Å²) in [6.45, 7) is 1.42. The van der Waals surface area contributed by atoms with Crippen LogP contribution in [0, 0.1) is 5.92 Å². The molecule has 0 spiro atoms. The summed E-state index contributed by atoms with van der Waals surface area (Å²) in [5.41, 5.74) is 3.28. The Kier molecular flexibility index (Phi) is 3.75. The molecule has 24 heavy (non-hydrogen) atoms. The Morgan fingerprint density at radius 2 is 1.92 bits per heavy atom. The first-order chi connectivity index (χ1) is 11.6. The van der Waals surface area contributed by atoms with Crippen molar-refractivity contribution < 1.29 is 4.79 Å². The highest BCUT2D eigenvalue weighted by atomic mass is 16.2. The van der Waals surface area contributed by atoms with Crippen LogP contribution in [0.15, 0.2) is 47.4 Å². The van der Waals surface area contributed by atoms with Gasteiger partial charge < -0.3 is 9.47 Å². The van der Waals surface area contributed by atoms with Crippen LogP contribution in [0.5, 0.6) is 0 Å². The highest BCUT2D eigenvalue weighted by molar-refractivity contribution is 5.78. The van der Waals surface area contributed by atoms with E-state index in [1.165, 1.54) is 0 Å². The van der Waals surface area contributed by atoms with Crippen molar-refractivity contribution in [2.75, 3.05) is 13.6 Å². The molecular weight excluding hydrogens is 300 g/mol. The van der Waals surface area contributed by atoms with Gasteiger partial charge in [0.15, 0.2) is 0 Å². The molecule has 1 fully saturated rings. The van der Waals surface area contributed by atoms with Gasteiger partial charge in [0.2, 0.25) is 5.91 Å². The van der Waals surface area contributed by atoms with Crippen molar-refractivity contribution in [2.24, 2.45) is 5.92 Å². The van der Waals surface area contributed by atoms with E-state index in [-0.39, 0.29) is 17.4 Å². The van der Waals surface area contributed by atoms with Gasteiger partial charge in [-0.15, -0.1) is 0 Å². The molecular formula is C20H22N2O2. The number of likely N-dealkylation sites (tertiary alicyclic amines) is 1. The SMILES string of the molecule is CN1C[C@@H]2CCc3c(ccn(Cc4ccccc4)c3=O)[C@@H]2CC1=O. The fourth-order valence-electron chi connectivity index (χ4n) is 4.22. The van der Waals surface area contributed by atoms with Crippen LogP contribution < -0.4 is 5.56 Å². The number of fused-ring (bicyclic) bond motifs is 3. The number of pyridine rings is 1. The summed E-state index contributed by atoms with van der Waals surface area (Å²) < 4.78 is 1.80. The molecule has 4 rings (SSSR count). The summed E-state index contributed by atoms with van der Waals surface area (Å²) in [6.07, 6.45) is 4.27. The van der Waals surface area contributed by atoms with Crippen LogP contribution in [-0.4, -0.2) is 29.0 Å². The lowest BCUT2D eigenvalue weighted by Gasteiger charge is -2.40. The number of hydrogen-bond donors (Lipinski definition) is 0. The van der Waals surface area contributed by atoms with Gasteiger partial charge in [0.1, 0.15) is 0 Å². The predicted molar refractivity (Wildman–Crippen MR) is 93.1 cm³/mol. The smallest absolute Gasteiger partial charge is 0.254 e. The maximum atomic E-state index is 12.9. The molecule has 1 amide bonds. The second kappa shape index (κ2) is 5.93. The lowest BCUT2D eigenvalue weighted by molar-refractivity contribution is -0.134. The third kappa shape index (κ3) is 2.56. The van der Waals surface area contributed by atoms with E-state index >= 15 is 0 Å². The molecule has 124 valence electrons. The molecule has 0 unspecified atom stereocenters. The van der Waals surface area contributed by atoms with Gasteiger partial charge in [-0.2, -0.15) is 0 Å². The Bertz CT molecular complexity index is 825. The maximum absolute atomic E-state index is 12.9. The van der Waals surface area contributed by atoms with Gasteiger partial charge in [-0.25, -0.2) is 0 Å². The fraction of sp³-hybridized carbons (Fsp3) is 0.400. The molecule has 2 aliphatic rings. The average Bonchev–Trinajstić information content (AvgIpc) is 2.59. The number of hydrogen-bond acceptors (Lipinski definition) is 2. The Labute approximate surface area is 141 Å². The zero-order chi connectivity index (χ0) is 16.7. The van der Waals surface area contributed by atoms with Crippen molar-refractivity contribution in [1.82, 2.24) is 9.47 Å². The summed E-state index contributed by atoms with van der Waals surface area (Å²) in [5.74, 6) is 0.902. The second-order valence-corrected chi connectivity index (χ2v) is 7.05. The van der Waals surface area contributed by atoms with Crippen molar-refractivity contribution in [1.29, 1.82) is 0 Å². The summed E-state index contributed by atoms with van der Waals surface area (Å²) in [7, 11) is 1.88. The molecule has 0 N–H and O–H groups in total.